The summed E-state index contributed by atoms with van der Waals surface area (Å²) in [5.41, 5.74) is 5.11. The highest BCUT2D eigenvalue weighted by Crippen LogP contribution is 2.45. The Kier molecular flexibility index (Phi) is 12.5. The number of piperazine rings is 1. The first-order valence-electron chi connectivity index (χ1n) is 20.8. The van der Waals surface area contributed by atoms with Crippen molar-refractivity contribution < 1.29 is 27.3 Å². The predicted octanol–water partition coefficient (Wildman–Crippen LogP) is 8.32. The van der Waals surface area contributed by atoms with Crippen molar-refractivity contribution >= 4 is 61.2 Å². The number of ether oxygens (including phenoxy) is 1. The van der Waals surface area contributed by atoms with E-state index in [2.05, 4.69) is 56.2 Å². The Morgan fingerprint density at radius 1 is 1.10 bits per heavy atom. The first kappa shape index (κ1) is 43.1. The molecule has 14 nitrogen and oxygen atoms in total. The number of likely N-dealkylation sites (tertiary alicyclic amines) is 1. The van der Waals surface area contributed by atoms with Crippen LogP contribution in [0.5, 0.6) is 11.5 Å². The maximum absolute atomic E-state index is 14.1. The number of aromatic nitrogens is 2. The van der Waals surface area contributed by atoms with Gasteiger partial charge >= 0.3 is 0 Å². The summed E-state index contributed by atoms with van der Waals surface area (Å²) in [6, 6.07) is 20.1. The second kappa shape index (κ2) is 18.0. The molecule has 4 heterocycles. The van der Waals surface area contributed by atoms with Gasteiger partial charge in [0, 0.05) is 85.8 Å². The number of rotatable bonds is 14. The Bertz CT molecular complexity index is 2620. The van der Waals surface area contributed by atoms with Crippen LogP contribution in [0.2, 0.25) is 5.02 Å². The number of allylic oxidation sites excluding steroid dienone is 1. The van der Waals surface area contributed by atoms with Crippen molar-refractivity contribution in [3.63, 3.8) is 0 Å². The van der Waals surface area contributed by atoms with Crippen LogP contribution in [0.15, 0.2) is 95.7 Å². The Morgan fingerprint density at radius 3 is 2.71 bits per heavy atom. The number of pyridine rings is 1. The summed E-state index contributed by atoms with van der Waals surface area (Å²) in [5, 5.41) is 20.3. The first-order valence-corrected chi connectivity index (χ1v) is 22.7. The van der Waals surface area contributed by atoms with E-state index in [9.17, 15) is 27.7 Å². The summed E-state index contributed by atoms with van der Waals surface area (Å²) in [6.07, 6.45) is 7.71. The van der Waals surface area contributed by atoms with Gasteiger partial charge in [-0.3, -0.25) is 19.8 Å². The Labute approximate surface area is 365 Å². The molecule has 1 aliphatic carbocycles. The number of nitro groups is 1. The number of nitrogens with zero attached hydrogens (tertiary/aromatic N) is 4. The zero-order valence-electron chi connectivity index (χ0n) is 34.6. The lowest BCUT2D eigenvalue weighted by Crippen LogP contribution is -2.51. The Hall–Kier alpha value is -5.55. The lowest BCUT2D eigenvalue weighted by Gasteiger charge is -2.41. The monoisotopic (exact) mass is 884 g/mol. The average Bonchev–Trinajstić information content (AvgIpc) is 3.91. The van der Waals surface area contributed by atoms with Gasteiger partial charge < -0.3 is 25.3 Å². The molecule has 2 atom stereocenters. The molecule has 326 valence electrons. The van der Waals surface area contributed by atoms with Gasteiger partial charge in [0.15, 0.2) is 0 Å². The minimum absolute atomic E-state index is 0.0593. The van der Waals surface area contributed by atoms with E-state index < -0.39 is 38.1 Å². The molecule has 0 spiro atoms. The highest BCUT2D eigenvalue weighted by atomic mass is 35.5. The summed E-state index contributed by atoms with van der Waals surface area (Å²) >= 11 is 6.28. The molecule has 3 aliphatic rings. The summed E-state index contributed by atoms with van der Waals surface area (Å²) < 4.78 is 49.0. The number of aromatic amines is 1. The van der Waals surface area contributed by atoms with E-state index in [1.54, 1.807) is 30.5 Å². The van der Waals surface area contributed by atoms with E-state index in [4.69, 9.17) is 16.3 Å². The third-order valence-electron chi connectivity index (χ3n) is 12.1. The van der Waals surface area contributed by atoms with Crippen molar-refractivity contribution in [1.82, 2.24) is 24.9 Å². The van der Waals surface area contributed by atoms with Crippen LogP contribution in [-0.4, -0.2) is 92.1 Å². The molecule has 2 aliphatic heterocycles. The molecule has 0 saturated carbocycles. The van der Waals surface area contributed by atoms with Gasteiger partial charge in [-0.1, -0.05) is 43.2 Å². The number of hydrogen-bond acceptors (Lipinski definition) is 11. The van der Waals surface area contributed by atoms with Crippen molar-refractivity contribution in [3.8, 4) is 11.5 Å². The fourth-order valence-corrected chi connectivity index (χ4v) is 9.94. The van der Waals surface area contributed by atoms with Crippen LogP contribution < -0.4 is 25.0 Å². The van der Waals surface area contributed by atoms with E-state index in [-0.39, 0.29) is 41.0 Å². The maximum atomic E-state index is 14.1. The summed E-state index contributed by atoms with van der Waals surface area (Å²) in [6.45, 7) is 7.65. The summed E-state index contributed by atoms with van der Waals surface area (Å²) in [5.74, 6) is -0.543. The van der Waals surface area contributed by atoms with Gasteiger partial charge in [0.25, 0.3) is 21.6 Å². The largest absolute Gasteiger partial charge is 0.455 e. The number of H-pyrrole nitrogens is 1. The number of amides is 1. The number of halogens is 2. The van der Waals surface area contributed by atoms with Crippen LogP contribution in [-0.2, 0) is 10.0 Å². The average molecular weight is 885 g/mol. The number of benzene rings is 3. The van der Waals surface area contributed by atoms with Gasteiger partial charge in [-0.05, 0) is 97.2 Å². The lowest BCUT2D eigenvalue weighted by molar-refractivity contribution is -0.384. The van der Waals surface area contributed by atoms with Crippen molar-refractivity contribution in [1.29, 1.82) is 0 Å². The number of fused-ring (bicyclic) bond motifs is 1. The van der Waals surface area contributed by atoms with Crippen molar-refractivity contribution in [2.75, 3.05) is 56.2 Å². The number of alkyl halides is 1. The standard InChI is InChI=1S/C45H50ClFN8O6S/c1-45(2)14-11-30(39(25-45)29-3-5-32(46)6-4-29)21-35-26-48-17-20-54(35)34-7-9-38(42(23-34)61-36-22-31-12-16-49-43(31)50-27-36)44(56)52-62(59,60)37-8-10-40(41(24-37)55(57)58)51-33-13-18-53(28-33)19-15-47/h3-10,12,16,22-24,27,33,35,48,51H,11,13-15,17-21,25-26,28H2,1-2H3,(H,49,50)(H,52,56)/t33-,35?/m0/s1. The number of anilines is 2. The van der Waals surface area contributed by atoms with E-state index in [1.165, 1.54) is 35.0 Å². The van der Waals surface area contributed by atoms with Crippen molar-refractivity contribution in [2.45, 2.75) is 62.9 Å². The normalized spacial score (nSPS) is 19.5. The summed E-state index contributed by atoms with van der Waals surface area (Å²) in [4.78, 5) is 36.8. The van der Waals surface area contributed by atoms with Gasteiger partial charge in [-0.2, -0.15) is 0 Å². The molecule has 1 unspecified atom stereocenters. The van der Waals surface area contributed by atoms with Crippen LogP contribution in [0.3, 0.4) is 0 Å². The van der Waals surface area contributed by atoms with Crippen molar-refractivity contribution in [2.24, 2.45) is 5.41 Å². The third-order valence-corrected chi connectivity index (χ3v) is 13.7. The topological polar surface area (TPSA) is 175 Å². The number of nitro benzene ring substituents is 1. The SMILES string of the molecule is CC1(C)CCC(CC2CNCCN2c2ccc(C(=O)NS(=O)(=O)c3ccc(N[C@H]4CCN(CCF)C4)c([N+](=O)[O-])c3)c(Oc3cnc4[nH]ccc4c3)c2)=C(c2ccc(Cl)cc2)C1. The van der Waals surface area contributed by atoms with Crippen LogP contribution >= 0.6 is 11.6 Å². The third kappa shape index (κ3) is 9.73. The minimum Gasteiger partial charge on any atom is -0.455 e. The van der Waals surface area contributed by atoms with Gasteiger partial charge in [-0.15, -0.1) is 0 Å². The Balaban J connectivity index is 1.09. The molecule has 17 heteroatoms. The lowest BCUT2D eigenvalue weighted by atomic mass is 9.71. The molecule has 3 aromatic carbocycles. The van der Waals surface area contributed by atoms with Crippen LogP contribution in [0.4, 0.5) is 21.5 Å². The van der Waals surface area contributed by atoms with E-state index in [1.807, 2.05) is 23.1 Å². The van der Waals surface area contributed by atoms with E-state index in [0.717, 1.165) is 55.9 Å². The molecule has 62 heavy (non-hydrogen) atoms. The molecule has 5 aromatic rings. The van der Waals surface area contributed by atoms with Gasteiger partial charge in [0.1, 0.15) is 29.5 Å². The highest BCUT2D eigenvalue weighted by Gasteiger charge is 2.33. The summed E-state index contributed by atoms with van der Waals surface area (Å²) in [7, 11) is -4.61. The quantitative estimate of drug-likeness (QED) is 0.0624. The molecule has 8 rings (SSSR count). The minimum atomic E-state index is -4.61. The second-order valence-electron chi connectivity index (χ2n) is 17.0. The molecule has 0 bridgehead atoms. The maximum Gasteiger partial charge on any atom is 0.293 e. The zero-order chi connectivity index (χ0) is 43.6. The molecule has 1 amide bonds. The fourth-order valence-electron chi connectivity index (χ4n) is 8.83. The Morgan fingerprint density at radius 2 is 1.92 bits per heavy atom. The van der Waals surface area contributed by atoms with Gasteiger partial charge in [0.05, 0.1) is 21.6 Å². The number of nitrogens with one attached hydrogen (secondary N) is 4. The second-order valence-corrected chi connectivity index (χ2v) is 19.2. The number of hydrogen-bond donors (Lipinski definition) is 4. The molecular weight excluding hydrogens is 835 g/mol. The molecule has 2 fully saturated rings. The zero-order valence-corrected chi connectivity index (χ0v) is 36.2. The van der Waals surface area contributed by atoms with Crippen LogP contribution in [0, 0.1) is 15.5 Å². The highest BCUT2D eigenvalue weighted by molar-refractivity contribution is 7.90. The molecule has 2 saturated heterocycles. The van der Waals surface area contributed by atoms with E-state index >= 15 is 0 Å². The van der Waals surface area contributed by atoms with E-state index in [0.29, 0.717) is 42.5 Å². The van der Waals surface area contributed by atoms with Crippen molar-refractivity contribution in [3.05, 3.63) is 117 Å². The molecule has 2 aromatic heterocycles. The molecule has 4 N–H and O–H groups in total. The number of carbonyl (C=O) groups excluding carboxylic acids is 1. The smallest absolute Gasteiger partial charge is 0.293 e. The molecule has 0 radical (unpaired) electrons. The van der Waals surface area contributed by atoms with Crippen LogP contribution in [0.1, 0.15) is 61.9 Å². The first-order chi connectivity index (χ1) is 29.7. The molecular formula is C45H50ClFN8O6S. The van der Waals surface area contributed by atoms with Crippen LogP contribution in [0.25, 0.3) is 16.6 Å². The predicted molar refractivity (Wildman–Crippen MR) is 239 cm³/mol. The number of sulfonamides is 1. The van der Waals surface area contributed by atoms with Gasteiger partial charge in [-0.25, -0.2) is 22.5 Å². The fraction of sp³-hybridized carbons (Fsp3) is 0.378. The van der Waals surface area contributed by atoms with Gasteiger partial charge in [0.2, 0.25) is 0 Å². The number of carbonyl (C=O) groups is 1.